The van der Waals surface area contributed by atoms with Crippen LogP contribution in [0.5, 0.6) is 0 Å². The summed E-state index contributed by atoms with van der Waals surface area (Å²) in [7, 11) is 0. The molecule has 0 aromatic rings. The first kappa shape index (κ1) is 47.0. The van der Waals surface area contributed by atoms with Crippen LogP contribution >= 0.6 is 0 Å². The van der Waals surface area contributed by atoms with Crippen LogP contribution in [0, 0.1) is 0 Å². The Kier molecular flexibility index (Phi) is 279. The van der Waals surface area contributed by atoms with Crippen molar-refractivity contribution in [2.75, 3.05) is 0 Å². The van der Waals surface area contributed by atoms with E-state index >= 15 is 0 Å². The normalized spacial score (nSPS) is 0. The van der Waals surface area contributed by atoms with E-state index in [1.54, 1.807) is 0 Å². The van der Waals surface area contributed by atoms with Gasteiger partial charge in [0.05, 0.1) is 0 Å². The monoisotopic (exact) mass is 519 g/mol. The van der Waals surface area contributed by atoms with E-state index in [4.69, 9.17) is 0 Å². The summed E-state index contributed by atoms with van der Waals surface area (Å²) in [5.74, 6) is 0. The molecule has 38 valence electrons. The number of hydrogen-bond donors (Lipinski definition) is 0. The molecule has 0 aliphatic heterocycles. The maximum Gasteiger partial charge on any atom is 4.00 e. The third-order valence-electron chi connectivity index (χ3n) is 0. The molecule has 0 unspecified atom stereocenters. The second-order valence-electron chi connectivity index (χ2n) is 0. The van der Waals surface area contributed by atoms with Crippen molar-refractivity contribution in [2.24, 2.45) is 0 Å². The minimum Gasteiger partial charge on any atom is -1.00 e. The van der Waals surface area contributed by atoms with Crippen LogP contribution < -0.4 is 72.8 Å². The van der Waals surface area contributed by atoms with Gasteiger partial charge in [0.15, 0.2) is 0 Å². The summed E-state index contributed by atoms with van der Waals surface area (Å²) in [6.07, 6.45) is 0. The fourth-order valence-electron chi connectivity index (χ4n) is 0. The van der Waals surface area contributed by atoms with E-state index in [1.165, 1.54) is 0 Å². The van der Waals surface area contributed by atoms with Crippen molar-refractivity contribution in [3.05, 3.63) is 0 Å². The summed E-state index contributed by atoms with van der Waals surface area (Å²) < 4.78 is 0. The largest absolute Gasteiger partial charge is 4.00 e. The fraction of sp³-hybridized carbons (Fsp3) is 0. The molecule has 0 heterocycles. The van der Waals surface area contributed by atoms with Gasteiger partial charge in [0.2, 0.25) is 0 Å². The molecule has 0 radical (unpaired) electrons. The molecule has 0 nitrogen and oxygen atoms in total. The van der Waals surface area contributed by atoms with E-state index in [-0.39, 0.29) is 93.8 Å². The predicted octanol–water partition coefficient (Wildman–Crippen LogP) is -12.0. The fourth-order valence-corrected chi connectivity index (χ4v) is 0. The van der Waals surface area contributed by atoms with E-state index in [0.717, 1.165) is 0 Å². The van der Waals surface area contributed by atoms with Crippen LogP contribution in [0.15, 0.2) is 0 Å². The topological polar surface area (TPSA) is 0 Å². The SMILES string of the molecule is [Cl-].[Cl-].[I-].[I-].[Pt+4]. The van der Waals surface area contributed by atoms with Crippen molar-refractivity contribution in [3.8, 4) is 0 Å². The molecular formula is Cl2I2Pt. The molecule has 5 heteroatoms. The molecular weight excluding hydrogens is 520 g/mol. The van der Waals surface area contributed by atoms with Gasteiger partial charge in [-0.2, -0.15) is 0 Å². The third-order valence-corrected chi connectivity index (χ3v) is 0. The van der Waals surface area contributed by atoms with Gasteiger partial charge < -0.3 is 72.8 Å². The van der Waals surface area contributed by atoms with E-state index in [9.17, 15) is 0 Å². The van der Waals surface area contributed by atoms with Crippen LogP contribution in [0.25, 0.3) is 0 Å². The van der Waals surface area contributed by atoms with Gasteiger partial charge in [-0.1, -0.05) is 0 Å². The average molecular weight is 520 g/mol. The molecule has 5 heavy (non-hydrogen) atoms. The molecule has 0 aliphatic carbocycles. The van der Waals surface area contributed by atoms with Crippen molar-refractivity contribution >= 4 is 0 Å². The Balaban J connectivity index is 0. The summed E-state index contributed by atoms with van der Waals surface area (Å²) in [5.41, 5.74) is 0. The zero-order valence-electron chi connectivity index (χ0n) is 1.83. The Morgan fingerprint density at radius 1 is 0.600 bits per heavy atom. The molecule has 0 aromatic carbocycles. The summed E-state index contributed by atoms with van der Waals surface area (Å²) in [4.78, 5) is 0. The molecule has 0 aromatic heterocycles. The first-order chi connectivity index (χ1) is 0. The second kappa shape index (κ2) is 29.7. The molecule has 0 rings (SSSR count). The summed E-state index contributed by atoms with van der Waals surface area (Å²) in [6.45, 7) is 0. The molecule has 0 N–H and O–H groups in total. The average Bonchev–Trinajstić information content (AvgIpc) is 0. The van der Waals surface area contributed by atoms with Gasteiger partial charge in [-0.15, -0.1) is 0 Å². The first-order valence-electron chi connectivity index (χ1n) is 0. The zero-order chi connectivity index (χ0) is 0. The van der Waals surface area contributed by atoms with Gasteiger partial charge >= 0.3 is 21.1 Å². The molecule has 0 saturated heterocycles. The van der Waals surface area contributed by atoms with E-state index in [1.807, 2.05) is 0 Å². The van der Waals surface area contributed by atoms with Gasteiger partial charge in [-0.3, -0.25) is 0 Å². The van der Waals surface area contributed by atoms with Gasteiger partial charge in [-0.05, 0) is 0 Å². The van der Waals surface area contributed by atoms with Gasteiger partial charge in [0.1, 0.15) is 0 Å². The zero-order valence-corrected chi connectivity index (χ0v) is 9.93. The van der Waals surface area contributed by atoms with Crippen molar-refractivity contribution < 1.29 is 93.8 Å². The van der Waals surface area contributed by atoms with Crippen molar-refractivity contribution in [1.82, 2.24) is 0 Å². The van der Waals surface area contributed by atoms with Gasteiger partial charge in [0.25, 0.3) is 0 Å². The molecule has 0 aliphatic rings. The minimum atomic E-state index is 0. The number of halogens is 4. The van der Waals surface area contributed by atoms with Crippen LogP contribution in [0.2, 0.25) is 0 Å². The van der Waals surface area contributed by atoms with Crippen molar-refractivity contribution in [1.29, 1.82) is 0 Å². The third kappa shape index (κ3) is 20.2. The van der Waals surface area contributed by atoms with Crippen LogP contribution in [-0.2, 0) is 21.1 Å². The van der Waals surface area contributed by atoms with E-state index in [0.29, 0.717) is 0 Å². The molecule has 0 spiro atoms. The summed E-state index contributed by atoms with van der Waals surface area (Å²) in [6, 6.07) is 0. The van der Waals surface area contributed by atoms with Crippen LogP contribution in [0.3, 0.4) is 0 Å². The smallest absolute Gasteiger partial charge is 1.00 e. The second-order valence-corrected chi connectivity index (χ2v) is 0. The Hall–Kier alpha value is 2.73. The molecule has 0 bridgehead atoms. The Morgan fingerprint density at radius 3 is 0.600 bits per heavy atom. The molecule has 0 fully saturated rings. The van der Waals surface area contributed by atoms with Crippen LogP contribution in [0.1, 0.15) is 0 Å². The van der Waals surface area contributed by atoms with Crippen LogP contribution in [0.4, 0.5) is 0 Å². The maximum absolute atomic E-state index is 0. The van der Waals surface area contributed by atoms with Crippen LogP contribution in [-0.4, -0.2) is 0 Å². The predicted molar refractivity (Wildman–Crippen MR) is 0 cm³/mol. The van der Waals surface area contributed by atoms with Crippen molar-refractivity contribution in [2.45, 2.75) is 0 Å². The van der Waals surface area contributed by atoms with E-state index in [2.05, 4.69) is 0 Å². The molecule has 0 amide bonds. The Bertz CT molecular complexity index is 7.61. The van der Waals surface area contributed by atoms with E-state index < -0.39 is 0 Å². The number of hydrogen-bond acceptors (Lipinski definition) is 0. The number of rotatable bonds is 0. The summed E-state index contributed by atoms with van der Waals surface area (Å²) >= 11 is 0. The summed E-state index contributed by atoms with van der Waals surface area (Å²) in [5, 5.41) is 0. The quantitative estimate of drug-likeness (QED) is 0.279. The molecule has 0 atom stereocenters. The van der Waals surface area contributed by atoms with Gasteiger partial charge in [-0.25, -0.2) is 0 Å². The maximum atomic E-state index is 0. The standard InChI is InChI=1S/2ClH.2HI.Pt/h4*1H;/q;;;;+4/p-4. The first-order valence-corrected chi connectivity index (χ1v) is 0. The minimum absolute atomic E-state index is 0. The molecule has 0 saturated carbocycles. The van der Waals surface area contributed by atoms with Crippen molar-refractivity contribution in [3.63, 3.8) is 0 Å². The van der Waals surface area contributed by atoms with Gasteiger partial charge in [0, 0.05) is 0 Å². The Labute approximate surface area is 92.4 Å². The Morgan fingerprint density at radius 2 is 0.600 bits per heavy atom.